The van der Waals surface area contributed by atoms with Crippen molar-refractivity contribution in [2.45, 2.75) is 179 Å². The van der Waals surface area contributed by atoms with Gasteiger partial charge in [-0.3, -0.25) is 4.79 Å². The molecular formula is C43H73NO8. The van der Waals surface area contributed by atoms with Crippen LogP contribution in [0.15, 0.2) is 72.9 Å². The molecule has 1 rings (SSSR count). The summed E-state index contributed by atoms with van der Waals surface area (Å²) < 4.78 is 11.1. The largest absolute Gasteiger partial charge is 0.394 e. The van der Waals surface area contributed by atoms with Gasteiger partial charge in [-0.05, 0) is 77.0 Å². The number of nitrogens with one attached hydrogen (secondary N) is 1. The Balaban J connectivity index is 2.51. The summed E-state index contributed by atoms with van der Waals surface area (Å²) in [6, 6.07) is -0.844. The van der Waals surface area contributed by atoms with E-state index in [-0.39, 0.29) is 12.5 Å². The number of hydrogen-bond acceptors (Lipinski definition) is 8. The van der Waals surface area contributed by atoms with Gasteiger partial charge in [0.15, 0.2) is 6.29 Å². The van der Waals surface area contributed by atoms with Crippen LogP contribution in [-0.4, -0.2) is 87.5 Å². The van der Waals surface area contributed by atoms with Crippen molar-refractivity contribution in [1.82, 2.24) is 5.32 Å². The Bertz CT molecular complexity index is 1040. The number of aliphatic hydroxyl groups excluding tert-OH is 5. The number of allylic oxidation sites excluding steroid dienone is 11. The molecule has 1 saturated heterocycles. The highest BCUT2D eigenvalue weighted by Crippen LogP contribution is 2.22. The van der Waals surface area contributed by atoms with Crippen LogP contribution in [0.5, 0.6) is 0 Å². The van der Waals surface area contributed by atoms with E-state index in [4.69, 9.17) is 9.47 Å². The van der Waals surface area contributed by atoms with Crippen LogP contribution in [0.4, 0.5) is 0 Å². The van der Waals surface area contributed by atoms with E-state index in [2.05, 4.69) is 79.9 Å². The molecule has 0 aromatic carbocycles. The Labute approximate surface area is 315 Å². The minimum atomic E-state index is -1.58. The lowest BCUT2D eigenvalue weighted by Gasteiger charge is -2.40. The third-order valence-electron chi connectivity index (χ3n) is 8.99. The zero-order chi connectivity index (χ0) is 38.1. The van der Waals surface area contributed by atoms with Crippen molar-refractivity contribution in [2.24, 2.45) is 0 Å². The fraction of sp³-hybridized carbons (Fsp3) is 0.698. The molecule has 7 unspecified atom stereocenters. The number of carbonyl (C=O) groups is 1. The lowest BCUT2D eigenvalue weighted by molar-refractivity contribution is -0.302. The van der Waals surface area contributed by atoms with Crippen LogP contribution in [0.3, 0.4) is 0 Å². The number of amides is 1. The molecule has 1 aliphatic rings. The summed E-state index contributed by atoms with van der Waals surface area (Å²) in [7, 11) is 0. The zero-order valence-corrected chi connectivity index (χ0v) is 32.3. The van der Waals surface area contributed by atoms with Crippen molar-refractivity contribution in [3.8, 4) is 0 Å². The highest BCUT2D eigenvalue weighted by Gasteiger charge is 2.44. The maximum atomic E-state index is 12.9. The molecule has 0 aromatic rings. The molecular weight excluding hydrogens is 658 g/mol. The minimum absolute atomic E-state index is 0.222. The maximum Gasteiger partial charge on any atom is 0.220 e. The number of aliphatic hydroxyl groups is 5. The number of carbonyl (C=O) groups excluding carboxylic acids is 1. The van der Waals surface area contributed by atoms with Gasteiger partial charge in [0.05, 0.1) is 25.4 Å². The molecule has 9 nitrogen and oxygen atoms in total. The predicted octanol–water partition coefficient (Wildman–Crippen LogP) is 7.44. The van der Waals surface area contributed by atoms with Crippen LogP contribution in [0, 0.1) is 0 Å². The fourth-order valence-corrected chi connectivity index (χ4v) is 5.73. The van der Waals surface area contributed by atoms with Crippen molar-refractivity contribution in [3.05, 3.63) is 72.9 Å². The molecule has 6 N–H and O–H groups in total. The third kappa shape index (κ3) is 24.0. The Morgan fingerprint density at radius 1 is 0.673 bits per heavy atom. The molecule has 0 aromatic heterocycles. The van der Waals surface area contributed by atoms with E-state index in [0.717, 1.165) is 70.6 Å². The molecule has 1 heterocycles. The van der Waals surface area contributed by atoms with Gasteiger partial charge in [0, 0.05) is 6.42 Å². The molecule has 0 bridgehead atoms. The lowest BCUT2D eigenvalue weighted by atomic mass is 9.99. The van der Waals surface area contributed by atoms with Crippen LogP contribution in [0.25, 0.3) is 0 Å². The second-order valence-electron chi connectivity index (χ2n) is 13.7. The average Bonchev–Trinajstić information content (AvgIpc) is 3.14. The smallest absolute Gasteiger partial charge is 0.220 e. The highest BCUT2D eigenvalue weighted by atomic mass is 16.7. The van der Waals surface area contributed by atoms with Crippen LogP contribution in [0.2, 0.25) is 0 Å². The first-order valence-electron chi connectivity index (χ1n) is 20.2. The van der Waals surface area contributed by atoms with E-state index < -0.39 is 49.5 Å². The molecule has 9 heteroatoms. The normalized spacial score (nSPS) is 22.6. The number of unbranched alkanes of at least 4 members (excludes halogenated alkanes) is 11. The van der Waals surface area contributed by atoms with Crippen LogP contribution >= 0.6 is 0 Å². The standard InChI is InChI=1S/C43H73NO8/c1-3-5-7-9-11-13-15-17-18-19-21-22-24-26-28-30-32-37(46)36(35-51-43-42(50)41(49)40(48)38(34-45)52-43)44-39(47)33-31-29-27-25-23-20-16-14-12-10-8-6-4-2/h6,8,12,14,17-18,20,22-24,30,32,36-38,40-43,45-46,48-50H,3-5,7,9-11,13,15-16,19,21,25-29,31,33-35H2,1-2H3,(H,44,47)/b8-6-,14-12-,18-17+,23-20-,24-22+,32-30+. The summed E-state index contributed by atoms with van der Waals surface area (Å²) in [6.45, 7) is 3.57. The Morgan fingerprint density at radius 2 is 1.21 bits per heavy atom. The third-order valence-corrected chi connectivity index (χ3v) is 8.99. The number of ether oxygens (including phenoxy) is 2. The van der Waals surface area contributed by atoms with Crippen LogP contribution in [0.1, 0.15) is 136 Å². The molecule has 0 spiro atoms. The molecule has 0 radical (unpaired) electrons. The maximum absolute atomic E-state index is 12.9. The molecule has 1 amide bonds. The first-order valence-corrected chi connectivity index (χ1v) is 20.2. The van der Waals surface area contributed by atoms with Gasteiger partial charge in [-0.25, -0.2) is 0 Å². The van der Waals surface area contributed by atoms with Gasteiger partial charge in [-0.2, -0.15) is 0 Å². The van der Waals surface area contributed by atoms with Gasteiger partial charge in [-0.1, -0.05) is 125 Å². The summed E-state index contributed by atoms with van der Waals surface area (Å²) in [5.74, 6) is -0.225. The van der Waals surface area contributed by atoms with E-state index in [1.807, 2.05) is 6.08 Å². The monoisotopic (exact) mass is 732 g/mol. The Kier molecular flexibility index (Phi) is 30.4. The summed E-state index contributed by atoms with van der Waals surface area (Å²) in [5, 5.41) is 53.9. The van der Waals surface area contributed by atoms with Crippen LogP contribution in [-0.2, 0) is 14.3 Å². The van der Waals surface area contributed by atoms with E-state index in [0.29, 0.717) is 12.8 Å². The minimum Gasteiger partial charge on any atom is -0.394 e. The summed E-state index contributed by atoms with van der Waals surface area (Å²) >= 11 is 0. The topological polar surface area (TPSA) is 149 Å². The molecule has 1 aliphatic heterocycles. The summed E-state index contributed by atoms with van der Waals surface area (Å²) in [4.78, 5) is 12.9. The van der Waals surface area contributed by atoms with Gasteiger partial charge in [0.1, 0.15) is 24.4 Å². The summed E-state index contributed by atoms with van der Waals surface area (Å²) in [5.41, 5.74) is 0. The van der Waals surface area contributed by atoms with Crippen molar-refractivity contribution < 1.29 is 39.8 Å². The van der Waals surface area contributed by atoms with Crippen molar-refractivity contribution >= 4 is 5.91 Å². The number of hydrogen-bond donors (Lipinski definition) is 6. The first-order chi connectivity index (χ1) is 25.3. The second kappa shape index (κ2) is 33.2. The average molecular weight is 732 g/mol. The lowest BCUT2D eigenvalue weighted by Crippen LogP contribution is -2.60. The van der Waals surface area contributed by atoms with Gasteiger partial charge in [0.25, 0.3) is 0 Å². The first kappa shape index (κ1) is 47.7. The van der Waals surface area contributed by atoms with Gasteiger partial charge in [-0.15, -0.1) is 0 Å². The van der Waals surface area contributed by atoms with Crippen molar-refractivity contribution in [2.75, 3.05) is 13.2 Å². The van der Waals surface area contributed by atoms with Gasteiger partial charge in [0.2, 0.25) is 5.91 Å². The fourth-order valence-electron chi connectivity index (χ4n) is 5.73. The van der Waals surface area contributed by atoms with E-state index >= 15 is 0 Å². The SMILES string of the molecule is CC/C=C\C/C=C\C/C=C\CCCCCC(=O)NC(COC1OC(CO)C(O)C(O)C1O)C(O)/C=C/CC/C=C/CC/C=C/CCCCCCCC. The van der Waals surface area contributed by atoms with Crippen LogP contribution < -0.4 is 5.32 Å². The van der Waals surface area contributed by atoms with E-state index in [1.54, 1.807) is 6.08 Å². The number of rotatable bonds is 31. The molecule has 0 aliphatic carbocycles. The van der Waals surface area contributed by atoms with Crippen molar-refractivity contribution in [1.29, 1.82) is 0 Å². The van der Waals surface area contributed by atoms with Crippen molar-refractivity contribution in [3.63, 3.8) is 0 Å². The quantitative estimate of drug-likeness (QED) is 0.0319. The Hall–Kier alpha value is -2.37. The summed E-state index contributed by atoms with van der Waals surface area (Å²) in [6.07, 6.45) is 36.6. The van der Waals surface area contributed by atoms with Gasteiger partial charge < -0.3 is 40.3 Å². The Morgan fingerprint density at radius 3 is 1.85 bits per heavy atom. The predicted molar refractivity (Wildman–Crippen MR) is 212 cm³/mol. The highest BCUT2D eigenvalue weighted by molar-refractivity contribution is 5.76. The molecule has 1 fully saturated rings. The van der Waals surface area contributed by atoms with E-state index in [1.165, 1.54) is 38.5 Å². The molecule has 0 saturated carbocycles. The molecule has 7 atom stereocenters. The molecule has 298 valence electrons. The zero-order valence-electron chi connectivity index (χ0n) is 32.3. The second-order valence-corrected chi connectivity index (χ2v) is 13.7. The van der Waals surface area contributed by atoms with E-state index in [9.17, 15) is 30.3 Å². The van der Waals surface area contributed by atoms with Gasteiger partial charge >= 0.3 is 0 Å². The molecule has 52 heavy (non-hydrogen) atoms.